The molecule has 12 rings (SSSR count). The van der Waals surface area contributed by atoms with E-state index in [-0.39, 0.29) is 0 Å². The lowest BCUT2D eigenvalue weighted by atomic mass is 10.0. The molecule has 8 aromatic carbocycles. The summed E-state index contributed by atoms with van der Waals surface area (Å²) in [5, 5.41) is 7.03. The molecule has 5 heteroatoms. The predicted octanol–water partition coefficient (Wildman–Crippen LogP) is 13.6. The van der Waals surface area contributed by atoms with Crippen molar-refractivity contribution < 1.29 is 4.42 Å². The van der Waals surface area contributed by atoms with E-state index in [1.165, 1.54) is 21.5 Å². The summed E-state index contributed by atoms with van der Waals surface area (Å²) in [6.45, 7) is 0. The van der Waals surface area contributed by atoms with Crippen molar-refractivity contribution in [1.82, 2.24) is 19.1 Å². The fourth-order valence-electron chi connectivity index (χ4n) is 8.85. The van der Waals surface area contributed by atoms with Gasteiger partial charge in [-0.1, -0.05) is 146 Å². The molecule has 57 heavy (non-hydrogen) atoms. The van der Waals surface area contributed by atoms with Gasteiger partial charge in [-0.2, -0.15) is 0 Å². The summed E-state index contributed by atoms with van der Waals surface area (Å²) in [7, 11) is 0. The topological polar surface area (TPSA) is 48.8 Å². The zero-order valence-corrected chi connectivity index (χ0v) is 30.7. The van der Waals surface area contributed by atoms with Gasteiger partial charge in [-0.25, -0.2) is 9.97 Å². The maximum atomic E-state index is 6.48. The second-order valence-corrected chi connectivity index (χ2v) is 14.6. The van der Waals surface area contributed by atoms with Crippen LogP contribution in [0.15, 0.2) is 199 Å². The largest absolute Gasteiger partial charge is 0.455 e. The Labute approximate surface area is 327 Å². The molecule has 4 aromatic heterocycles. The van der Waals surface area contributed by atoms with Crippen LogP contribution in [0.25, 0.3) is 111 Å². The van der Waals surface area contributed by atoms with Gasteiger partial charge in [0.25, 0.3) is 0 Å². The number of benzene rings is 8. The molecule has 0 atom stereocenters. The number of para-hydroxylation sites is 4. The predicted molar refractivity (Wildman–Crippen MR) is 234 cm³/mol. The van der Waals surface area contributed by atoms with Gasteiger partial charge in [0.15, 0.2) is 5.82 Å². The van der Waals surface area contributed by atoms with Gasteiger partial charge in [0.05, 0.1) is 27.8 Å². The number of nitrogens with zero attached hydrogens (tertiary/aromatic N) is 4. The van der Waals surface area contributed by atoms with E-state index in [4.69, 9.17) is 14.4 Å². The molecule has 0 aliphatic carbocycles. The molecule has 4 heterocycles. The first-order valence-electron chi connectivity index (χ1n) is 19.3. The normalized spacial score (nSPS) is 11.9. The molecular formula is C52H32N4O. The minimum Gasteiger partial charge on any atom is -0.455 e. The van der Waals surface area contributed by atoms with Gasteiger partial charge in [0.2, 0.25) is 0 Å². The summed E-state index contributed by atoms with van der Waals surface area (Å²) in [6, 6.07) is 68.3. The van der Waals surface area contributed by atoms with Crippen LogP contribution in [-0.4, -0.2) is 19.1 Å². The van der Waals surface area contributed by atoms with Crippen molar-refractivity contribution >= 4 is 65.6 Å². The number of furan rings is 1. The lowest BCUT2D eigenvalue weighted by Crippen LogP contribution is -2.02. The third-order valence-corrected chi connectivity index (χ3v) is 11.3. The number of aromatic nitrogens is 4. The van der Waals surface area contributed by atoms with Gasteiger partial charge in [0.1, 0.15) is 17.0 Å². The van der Waals surface area contributed by atoms with E-state index < -0.39 is 0 Å². The van der Waals surface area contributed by atoms with E-state index in [9.17, 15) is 0 Å². The van der Waals surface area contributed by atoms with E-state index in [1.54, 1.807) is 0 Å². The molecule has 5 nitrogen and oxygen atoms in total. The number of fused-ring (bicyclic) bond motifs is 10. The molecule has 0 saturated carbocycles. The zero-order valence-electron chi connectivity index (χ0n) is 30.7. The minimum atomic E-state index is 0.689. The standard InChI is InChI=1S/C52H32N4O/c1-3-15-33(16-4-1)42-32-48(54-52(53-42)34-17-5-2-6-18-34)56-44-27-11-8-23-41(44)50-46(56)30-29-45-49(50)40-22-7-10-26-43(40)55(45)36-20-13-19-35(31-36)37-24-14-25-39-38-21-9-12-28-47(38)57-51(37)39/h1-32H. The Morgan fingerprint density at radius 3 is 1.72 bits per heavy atom. The van der Waals surface area contributed by atoms with Crippen molar-refractivity contribution in [2.24, 2.45) is 0 Å². The Balaban J connectivity index is 1.11. The van der Waals surface area contributed by atoms with Gasteiger partial charge in [0, 0.05) is 60.8 Å². The molecular weight excluding hydrogens is 697 g/mol. The first-order valence-corrected chi connectivity index (χ1v) is 19.3. The maximum Gasteiger partial charge on any atom is 0.162 e. The Hall–Kier alpha value is -7.76. The van der Waals surface area contributed by atoms with Gasteiger partial charge >= 0.3 is 0 Å². The van der Waals surface area contributed by atoms with Gasteiger partial charge in [-0.3, -0.25) is 4.57 Å². The van der Waals surface area contributed by atoms with Crippen LogP contribution >= 0.6 is 0 Å². The van der Waals surface area contributed by atoms with E-state index >= 15 is 0 Å². The van der Waals surface area contributed by atoms with Crippen LogP contribution in [0.4, 0.5) is 0 Å². The SMILES string of the molecule is c1ccc(-c2cc(-n3c4ccccc4c4c5c6ccccc6n(-c6cccc(-c7cccc8c7oc7ccccc78)c6)c5ccc43)nc(-c3ccccc3)n2)cc1. The summed E-state index contributed by atoms with van der Waals surface area (Å²) in [4.78, 5) is 10.4. The molecule has 0 unspecified atom stereocenters. The molecule has 0 saturated heterocycles. The third-order valence-electron chi connectivity index (χ3n) is 11.3. The fraction of sp³-hybridized carbons (Fsp3) is 0. The highest BCUT2D eigenvalue weighted by atomic mass is 16.3. The van der Waals surface area contributed by atoms with Crippen molar-refractivity contribution in [2.45, 2.75) is 0 Å². The molecule has 0 aliphatic heterocycles. The van der Waals surface area contributed by atoms with E-state index in [0.29, 0.717) is 5.82 Å². The molecule has 0 bridgehead atoms. The van der Waals surface area contributed by atoms with Crippen LogP contribution in [0.2, 0.25) is 0 Å². The second-order valence-electron chi connectivity index (χ2n) is 14.6. The van der Waals surface area contributed by atoms with Crippen LogP contribution in [0, 0.1) is 0 Å². The van der Waals surface area contributed by atoms with Crippen LogP contribution in [0.5, 0.6) is 0 Å². The summed E-state index contributed by atoms with van der Waals surface area (Å²) in [5.74, 6) is 1.51. The highest BCUT2D eigenvalue weighted by Gasteiger charge is 2.22. The smallest absolute Gasteiger partial charge is 0.162 e. The van der Waals surface area contributed by atoms with Crippen molar-refractivity contribution in [3.05, 3.63) is 194 Å². The first kappa shape index (κ1) is 31.6. The summed E-state index contributed by atoms with van der Waals surface area (Å²) in [5.41, 5.74) is 12.4. The lowest BCUT2D eigenvalue weighted by molar-refractivity contribution is 0.670. The monoisotopic (exact) mass is 728 g/mol. The summed E-state index contributed by atoms with van der Waals surface area (Å²) in [6.07, 6.45) is 0. The fourth-order valence-corrected chi connectivity index (χ4v) is 8.85. The molecule has 0 amide bonds. The van der Waals surface area contributed by atoms with Crippen LogP contribution < -0.4 is 0 Å². The molecule has 0 aliphatic rings. The van der Waals surface area contributed by atoms with Crippen LogP contribution in [-0.2, 0) is 0 Å². The van der Waals surface area contributed by atoms with Crippen molar-refractivity contribution in [3.63, 3.8) is 0 Å². The molecule has 0 spiro atoms. The number of hydrogen-bond acceptors (Lipinski definition) is 3. The number of hydrogen-bond donors (Lipinski definition) is 0. The molecule has 0 fully saturated rings. The quantitative estimate of drug-likeness (QED) is 0.177. The Morgan fingerprint density at radius 1 is 0.386 bits per heavy atom. The van der Waals surface area contributed by atoms with Crippen molar-refractivity contribution in [3.8, 4) is 45.3 Å². The van der Waals surface area contributed by atoms with Crippen LogP contribution in [0.1, 0.15) is 0 Å². The molecule has 12 aromatic rings. The van der Waals surface area contributed by atoms with Gasteiger partial charge < -0.3 is 8.98 Å². The molecule has 0 radical (unpaired) electrons. The van der Waals surface area contributed by atoms with E-state index in [0.717, 1.165) is 83.5 Å². The van der Waals surface area contributed by atoms with Crippen LogP contribution in [0.3, 0.4) is 0 Å². The van der Waals surface area contributed by atoms with Gasteiger partial charge in [-0.15, -0.1) is 0 Å². The van der Waals surface area contributed by atoms with Crippen molar-refractivity contribution in [1.29, 1.82) is 0 Å². The lowest BCUT2D eigenvalue weighted by Gasteiger charge is -2.12. The van der Waals surface area contributed by atoms with E-state index in [2.05, 4.69) is 167 Å². The Morgan fingerprint density at radius 2 is 0.965 bits per heavy atom. The zero-order chi connectivity index (χ0) is 37.5. The Kier molecular flexibility index (Phi) is 6.86. The average Bonchev–Trinajstić information content (AvgIpc) is 3.95. The van der Waals surface area contributed by atoms with E-state index in [1.807, 2.05) is 36.4 Å². The Bertz CT molecular complexity index is 3460. The third kappa shape index (κ3) is 4.82. The summed E-state index contributed by atoms with van der Waals surface area (Å²) >= 11 is 0. The average molecular weight is 729 g/mol. The maximum absolute atomic E-state index is 6.48. The second kappa shape index (κ2) is 12.4. The summed E-state index contributed by atoms with van der Waals surface area (Å²) < 4.78 is 11.2. The van der Waals surface area contributed by atoms with Gasteiger partial charge in [-0.05, 0) is 48.0 Å². The minimum absolute atomic E-state index is 0.689. The number of rotatable bonds is 5. The highest BCUT2D eigenvalue weighted by molar-refractivity contribution is 6.29. The van der Waals surface area contributed by atoms with Crippen molar-refractivity contribution in [2.75, 3.05) is 0 Å². The highest BCUT2D eigenvalue weighted by Crippen LogP contribution is 2.43. The molecule has 0 N–H and O–H groups in total. The molecule has 266 valence electrons. The first-order chi connectivity index (χ1) is 28.3.